The van der Waals surface area contributed by atoms with Gasteiger partial charge in [-0.3, -0.25) is 0 Å². The van der Waals surface area contributed by atoms with Gasteiger partial charge in [0, 0.05) is 17.7 Å². The van der Waals surface area contributed by atoms with Crippen molar-refractivity contribution >= 4 is 49.5 Å². The second-order valence-corrected chi connectivity index (χ2v) is 12.6. The van der Waals surface area contributed by atoms with Crippen molar-refractivity contribution in [3.05, 3.63) is 168 Å². The highest BCUT2D eigenvalue weighted by atomic mass is 15.1. The van der Waals surface area contributed by atoms with Gasteiger partial charge in [-0.1, -0.05) is 140 Å². The summed E-state index contributed by atoms with van der Waals surface area (Å²) in [6, 6.07) is 33.4. The van der Waals surface area contributed by atoms with Gasteiger partial charge in [0.1, 0.15) is 5.82 Å². The van der Waals surface area contributed by atoms with Crippen molar-refractivity contribution in [2.45, 2.75) is 26.3 Å². The minimum Gasteiger partial charge on any atom is -0.320 e. The molecule has 0 radical (unpaired) electrons. The van der Waals surface area contributed by atoms with Crippen LogP contribution in [0.2, 0.25) is 0 Å². The summed E-state index contributed by atoms with van der Waals surface area (Å²) in [7, 11) is 0. The van der Waals surface area contributed by atoms with Crippen LogP contribution in [0.25, 0.3) is 60.7 Å². The molecule has 6 aromatic rings. The monoisotopic (exact) mass is 616 g/mol. The zero-order valence-corrected chi connectivity index (χ0v) is 27.3. The van der Waals surface area contributed by atoms with Crippen LogP contribution < -0.4 is 0 Å². The lowest BCUT2D eigenvalue weighted by molar-refractivity contribution is 0.472. The summed E-state index contributed by atoms with van der Waals surface area (Å²) in [5.74, 6) is 3.81. The minimum atomic E-state index is 0.100. The Balaban J connectivity index is 1.29. The fraction of sp³-hybridized carbons (Fsp3) is 0.109. The van der Waals surface area contributed by atoms with E-state index in [-0.39, 0.29) is 12.0 Å². The molecule has 0 fully saturated rings. The molecule has 2 aliphatic carbocycles. The lowest BCUT2D eigenvalue weighted by Crippen LogP contribution is -2.20. The maximum absolute atomic E-state index is 5.61. The van der Waals surface area contributed by atoms with Gasteiger partial charge in [0.15, 0.2) is 0 Å². The Hall–Kier alpha value is -5.91. The van der Waals surface area contributed by atoms with Crippen LogP contribution in [0.3, 0.4) is 0 Å². The van der Waals surface area contributed by atoms with E-state index in [1.54, 1.807) is 6.08 Å². The summed E-state index contributed by atoms with van der Waals surface area (Å²) >= 11 is 0. The van der Waals surface area contributed by atoms with Crippen molar-refractivity contribution in [2.24, 2.45) is 5.92 Å². The average molecular weight is 617 g/mol. The highest BCUT2D eigenvalue weighted by Crippen LogP contribution is 2.45. The fourth-order valence-corrected chi connectivity index (χ4v) is 7.59. The van der Waals surface area contributed by atoms with Gasteiger partial charge in [0.2, 0.25) is 0 Å². The van der Waals surface area contributed by atoms with Crippen molar-refractivity contribution in [1.82, 2.24) is 9.55 Å². The van der Waals surface area contributed by atoms with Gasteiger partial charge >= 0.3 is 0 Å². The van der Waals surface area contributed by atoms with Crippen LogP contribution in [0.15, 0.2) is 146 Å². The van der Waals surface area contributed by atoms with E-state index in [4.69, 9.17) is 11.4 Å². The van der Waals surface area contributed by atoms with Crippen molar-refractivity contribution in [3.63, 3.8) is 0 Å². The van der Waals surface area contributed by atoms with Crippen LogP contribution in [-0.2, 0) is 6.42 Å². The van der Waals surface area contributed by atoms with Gasteiger partial charge in [-0.25, -0.2) is 4.98 Å². The van der Waals surface area contributed by atoms with E-state index in [1.807, 2.05) is 13.0 Å². The molecule has 1 heterocycles. The SMILES string of the molecule is C#C/C=C\C(=C/C)c1nc2c(n1C1C=CC(c3c4ccccc4c(-c4ccc5ccccc5c4)c4ccccc34)=CC1C)CC=CC=C2. The summed E-state index contributed by atoms with van der Waals surface area (Å²) in [5.41, 5.74) is 8.32. The highest BCUT2D eigenvalue weighted by molar-refractivity contribution is 6.19. The number of hydrogen-bond acceptors (Lipinski definition) is 1. The van der Waals surface area contributed by atoms with E-state index in [0.29, 0.717) is 0 Å². The number of imidazole rings is 1. The number of terminal acetylenes is 1. The second-order valence-electron chi connectivity index (χ2n) is 12.6. The molecule has 2 aliphatic rings. The largest absolute Gasteiger partial charge is 0.320 e. The van der Waals surface area contributed by atoms with Crippen LogP contribution in [0, 0.1) is 18.3 Å². The van der Waals surface area contributed by atoms with E-state index in [0.717, 1.165) is 23.5 Å². The number of benzene rings is 5. The van der Waals surface area contributed by atoms with Gasteiger partial charge in [-0.15, -0.1) is 6.42 Å². The highest BCUT2D eigenvalue weighted by Gasteiger charge is 2.28. The smallest absolute Gasteiger partial charge is 0.141 e. The molecule has 230 valence electrons. The minimum absolute atomic E-state index is 0.100. The summed E-state index contributed by atoms with van der Waals surface area (Å²) in [6.45, 7) is 4.37. The Labute approximate surface area is 282 Å². The molecule has 2 heteroatoms. The molecule has 48 heavy (non-hydrogen) atoms. The first-order valence-corrected chi connectivity index (χ1v) is 16.7. The van der Waals surface area contributed by atoms with Gasteiger partial charge in [-0.05, 0) is 91.7 Å². The summed E-state index contributed by atoms with van der Waals surface area (Å²) in [4.78, 5) is 5.15. The van der Waals surface area contributed by atoms with Gasteiger partial charge in [0.05, 0.1) is 11.7 Å². The Morgan fingerprint density at radius 1 is 0.833 bits per heavy atom. The molecule has 0 bridgehead atoms. The number of aromatic nitrogens is 2. The third-order valence-corrected chi connectivity index (χ3v) is 9.79. The van der Waals surface area contributed by atoms with Crippen molar-refractivity contribution in [3.8, 4) is 23.5 Å². The normalized spacial score (nSPS) is 17.6. The van der Waals surface area contributed by atoms with Gasteiger partial charge in [-0.2, -0.15) is 0 Å². The van der Waals surface area contributed by atoms with Crippen LogP contribution >= 0.6 is 0 Å². The quantitative estimate of drug-likeness (QED) is 0.107. The molecule has 0 saturated heterocycles. The molecular formula is C46H36N2. The number of nitrogens with zero attached hydrogens (tertiary/aromatic N) is 2. The van der Waals surface area contributed by atoms with Crippen LogP contribution in [0.5, 0.6) is 0 Å². The molecule has 2 atom stereocenters. The second kappa shape index (κ2) is 12.4. The first-order valence-electron chi connectivity index (χ1n) is 16.7. The summed E-state index contributed by atoms with van der Waals surface area (Å²) in [6.07, 6.45) is 28.0. The fourth-order valence-electron chi connectivity index (χ4n) is 7.59. The van der Waals surface area contributed by atoms with Crippen LogP contribution in [0.1, 0.15) is 42.7 Å². The van der Waals surface area contributed by atoms with Crippen LogP contribution in [0.4, 0.5) is 0 Å². The Bertz CT molecular complexity index is 2410. The van der Waals surface area contributed by atoms with Gasteiger partial charge in [0.25, 0.3) is 0 Å². The molecule has 8 rings (SSSR count). The molecule has 5 aromatic carbocycles. The molecule has 0 spiro atoms. The topological polar surface area (TPSA) is 17.8 Å². The van der Waals surface area contributed by atoms with Crippen molar-refractivity contribution < 1.29 is 0 Å². The van der Waals surface area contributed by atoms with Gasteiger partial charge < -0.3 is 4.57 Å². The molecule has 0 aliphatic heterocycles. The molecule has 2 nitrogen and oxygen atoms in total. The summed E-state index contributed by atoms with van der Waals surface area (Å²) < 4.78 is 2.43. The van der Waals surface area contributed by atoms with Crippen LogP contribution in [-0.4, -0.2) is 9.55 Å². The van der Waals surface area contributed by atoms with Crippen molar-refractivity contribution in [2.75, 3.05) is 0 Å². The zero-order chi connectivity index (χ0) is 32.6. The maximum atomic E-state index is 5.61. The lowest BCUT2D eigenvalue weighted by atomic mass is 9.82. The molecular weight excluding hydrogens is 581 g/mol. The number of allylic oxidation sites excluding steroid dienone is 11. The third-order valence-electron chi connectivity index (χ3n) is 9.79. The van der Waals surface area contributed by atoms with E-state index in [1.165, 1.54) is 60.3 Å². The van der Waals surface area contributed by atoms with Crippen molar-refractivity contribution in [1.29, 1.82) is 0 Å². The van der Waals surface area contributed by atoms with E-state index < -0.39 is 0 Å². The standard InChI is InChI=1S/C46H36N2/c1-4-6-16-32(5-2)46-47-41-23-8-7-9-24-43(41)48(46)42-28-27-35(29-31(42)3)44-37-19-12-14-21-39(37)45(40-22-15-13-20-38(40)44)36-26-25-33-17-10-11-18-34(33)30-36/h1,5-23,25-31,42H,24H2,2-3H3/b16-6-,32-5+. The first-order chi connectivity index (χ1) is 23.7. The Morgan fingerprint density at radius 3 is 2.21 bits per heavy atom. The summed E-state index contributed by atoms with van der Waals surface area (Å²) in [5, 5.41) is 7.58. The zero-order valence-electron chi connectivity index (χ0n) is 27.3. The third kappa shape index (κ3) is 4.96. The molecule has 0 amide bonds. The van der Waals surface area contributed by atoms with E-state index in [2.05, 4.69) is 157 Å². The number of hydrogen-bond donors (Lipinski definition) is 0. The number of rotatable bonds is 5. The Morgan fingerprint density at radius 2 is 1.52 bits per heavy atom. The average Bonchev–Trinajstić information content (AvgIpc) is 3.31. The Kier molecular flexibility index (Phi) is 7.59. The predicted octanol–water partition coefficient (Wildman–Crippen LogP) is 11.6. The molecule has 0 N–H and O–H groups in total. The predicted molar refractivity (Wildman–Crippen MR) is 205 cm³/mol. The maximum Gasteiger partial charge on any atom is 0.141 e. The number of fused-ring (bicyclic) bond motifs is 4. The first kappa shape index (κ1) is 29.5. The van der Waals surface area contributed by atoms with E-state index in [9.17, 15) is 0 Å². The van der Waals surface area contributed by atoms with E-state index >= 15 is 0 Å². The lowest BCUT2D eigenvalue weighted by Gasteiger charge is -2.29. The molecule has 0 saturated carbocycles. The molecule has 1 aromatic heterocycles. The molecule has 2 unspecified atom stereocenters.